The van der Waals surface area contributed by atoms with Gasteiger partial charge in [0.15, 0.2) is 0 Å². The van der Waals surface area contributed by atoms with Crippen LogP contribution in [0, 0.1) is 0 Å². The van der Waals surface area contributed by atoms with Gasteiger partial charge in [-0.3, -0.25) is 0 Å². The van der Waals surface area contributed by atoms with E-state index in [2.05, 4.69) is 15.3 Å². The smallest absolute Gasteiger partial charge is 0.410 e. The highest BCUT2D eigenvalue weighted by Gasteiger charge is 2.27. The second-order valence-corrected chi connectivity index (χ2v) is 7.52. The number of benzene rings is 1. The number of nitrogens with one attached hydrogen (secondary N) is 1. The molecule has 2 aromatic rings. The highest BCUT2D eigenvalue weighted by molar-refractivity contribution is 5.68. The maximum absolute atomic E-state index is 12.1. The number of piperidine rings is 1. The lowest BCUT2D eigenvalue weighted by Gasteiger charge is -2.33. The van der Waals surface area contributed by atoms with Crippen molar-refractivity contribution in [2.45, 2.75) is 45.3 Å². The predicted molar refractivity (Wildman–Crippen MR) is 102 cm³/mol. The number of hydrogen-bond donors (Lipinski definition) is 1. The standard InChI is InChI=1S/C20H26N4O2/c1-20(2,3)26-19(25)24-13-10-16(11-14-24)22-18-21-12-9-17(23-18)15-7-5-4-6-8-15/h4-9,12,16H,10-11,13-14H2,1-3H3,(H,21,22,23). The van der Waals surface area contributed by atoms with E-state index >= 15 is 0 Å². The third-order valence-corrected chi connectivity index (χ3v) is 4.21. The Bertz CT molecular complexity index is 735. The average Bonchev–Trinajstić information content (AvgIpc) is 2.62. The Kier molecular flexibility index (Phi) is 5.40. The van der Waals surface area contributed by atoms with Crippen molar-refractivity contribution in [3.63, 3.8) is 0 Å². The van der Waals surface area contributed by atoms with Gasteiger partial charge in [-0.1, -0.05) is 30.3 Å². The molecule has 1 aliphatic heterocycles. The molecule has 6 heteroatoms. The Balaban J connectivity index is 1.56. The molecule has 0 saturated carbocycles. The maximum Gasteiger partial charge on any atom is 0.410 e. The quantitative estimate of drug-likeness (QED) is 0.904. The molecule has 1 aliphatic rings. The van der Waals surface area contributed by atoms with Gasteiger partial charge < -0.3 is 15.0 Å². The van der Waals surface area contributed by atoms with Gasteiger partial charge >= 0.3 is 6.09 Å². The molecule has 1 aromatic carbocycles. The molecule has 1 N–H and O–H groups in total. The summed E-state index contributed by atoms with van der Waals surface area (Å²) in [6.07, 6.45) is 3.22. The molecule has 2 heterocycles. The first-order valence-electron chi connectivity index (χ1n) is 9.04. The minimum Gasteiger partial charge on any atom is -0.444 e. The molecule has 1 aromatic heterocycles. The van der Waals surface area contributed by atoms with Crippen LogP contribution in [-0.2, 0) is 4.74 Å². The molecule has 138 valence electrons. The van der Waals surface area contributed by atoms with Crippen molar-refractivity contribution in [1.29, 1.82) is 0 Å². The molecule has 1 fully saturated rings. The summed E-state index contributed by atoms with van der Waals surface area (Å²) >= 11 is 0. The van der Waals surface area contributed by atoms with Crippen LogP contribution >= 0.6 is 0 Å². The Morgan fingerprint density at radius 3 is 2.50 bits per heavy atom. The summed E-state index contributed by atoms with van der Waals surface area (Å²) in [5.74, 6) is 0.627. The SMILES string of the molecule is CC(C)(C)OC(=O)N1CCC(Nc2nccc(-c3ccccc3)n2)CC1. The van der Waals surface area contributed by atoms with Crippen LogP contribution in [0.5, 0.6) is 0 Å². The Morgan fingerprint density at radius 2 is 1.85 bits per heavy atom. The molecular weight excluding hydrogens is 328 g/mol. The van der Waals surface area contributed by atoms with E-state index < -0.39 is 5.60 Å². The molecule has 0 bridgehead atoms. The van der Waals surface area contributed by atoms with Gasteiger partial charge in [0.25, 0.3) is 0 Å². The molecule has 0 radical (unpaired) electrons. The zero-order valence-corrected chi connectivity index (χ0v) is 15.6. The minimum atomic E-state index is -0.460. The van der Waals surface area contributed by atoms with E-state index in [0.29, 0.717) is 19.0 Å². The van der Waals surface area contributed by atoms with Crippen molar-refractivity contribution < 1.29 is 9.53 Å². The largest absolute Gasteiger partial charge is 0.444 e. The lowest BCUT2D eigenvalue weighted by molar-refractivity contribution is 0.0210. The number of ether oxygens (including phenoxy) is 1. The number of aromatic nitrogens is 2. The van der Waals surface area contributed by atoms with Gasteiger partial charge in [0.2, 0.25) is 5.95 Å². The number of carbonyl (C=O) groups excluding carboxylic acids is 1. The van der Waals surface area contributed by atoms with Gasteiger partial charge in [0.1, 0.15) is 5.60 Å². The van der Waals surface area contributed by atoms with Gasteiger partial charge in [0, 0.05) is 30.9 Å². The fourth-order valence-electron chi connectivity index (χ4n) is 2.91. The lowest BCUT2D eigenvalue weighted by atomic mass is 10.1. The van der Waals surface area contributed by atoms with Crippen molar-refractivity contribution in [2.24, 2.45) is 0 Å². The van der Waals surface area contributed by atoms with Crippen molar-refractivity contribution in [3.05, 3.63) is 42.6 Å². The van der Waals surface area contributed by atoms with E-state index in [9.17, 15) is 4.79 Å². The number of anilines is 1. The van der Waals surface area contributed by atoms with E-state index in [4.69, 9.17) is 4.74 Å². The van der Waals surface area contributed by atoms with Gasteiger partial charge in [-0.2, -0.15) is 0 Å². The van der Waals surface area contributed by atoms with Gasteiger partial charge in [0.05, 0.1) is 5.69 Å². The van der Waals surface area contributed by atoms with Gasteiger partial charge in [-0.25, -0.2) is 14.8 Å². The summed E-state index contributed by atoms with van der Waals surface area (Å²) < 4.78 is 5.44. The summed E-state index contributed by atoms with van der Waals surface area (Å²) in [6, 6.07) is 12.2. The van der Waals surface area contributed by atoms with Crippen LogP contribution in [0.3, 0.4) is 0 Å². The second-order valence-electron chi connectivity index (χ2n) is 7.52. The molecule has 1 amide bonds. The third-order valence-electron chi connectivity index (χ3n) is 4.21. The molecule has 3 rings (SSSR count). The third kappa shape index (κ3) is 4.94. The molecular formula is C20H26N4O2. The first kappa shape index (κ1) is 18.2. The van der Waals surface area contributed by atoms with Crippen LogP contribution in [0.4, 0.5) is 10.7 Å². The first-order chi connectivity index (χ1) is 12.4. The monoisotopic (exact) mass is 354 g/mol. The highest BCUT2D eigenvalue weighted by atomic mass is 16.6. The van der Waals surface area contributed by atoms with Crippen molar-refractivity contribution in [3.8, 4) is 11.3 Å². The summed E-state index contributed by atoms with van der Waals surface area (Å²) in [5.41, 5.74) is 1.50. The fraction of sp³-hybridized carbons (Fsp3) is 0.450. The molecule has 0 spiro atoms. The Hall–Kier alpha value is -2.63. The number of likely N-dealkylation sites (tertiary alicyclic amines) is 1. The van der Waals surface area contributed by atoms with Crippen molar-refractivity contribution >= 4 is 12.0 Å². The highest BCUT2D eigenvalue weighted by Crippen LogP contribution is 2.20. The van der Waals surface area contributed by atoms with Crippen molar-refractivity contribution in [1.82, 2.24) is 14.9 Å². The number of carbonyl (C=O) groups is 1. The molecule has 26 heavy (non-hydrogen) atoms. The molecule has 1 saturated heterocycles. The van der Waals surface area contributed by atoms with E-state index in [1.165, 1.54) is 0 Å². The zero-order valence-electron chi connectivity index (χ0n) is 15.6. The fourth-order valence-corrected chi connectivity index (χ4v) is 2.91. The number of nitrogens with zero attached hydrogens (tertiary/aromatic N) is 3. The summed E-state index contributed by atoms with van der Waals surface area (Å²) in [5, 5.41) is 3.40. The normalized spacial score (nSPS) is 15.6. The maximum atomic E-state index is 12.1. The van der Waals surface area contributed by atoms with Crippen LogP contribution in [-0.4, -0.2) is 45.7 Å². The number of hydrogen-bond acceptors (Lipinski definition) is 5. The first-order valence-corrected chi connectivity index (χ1v) is 9.04. The average molecular weight is 354 g/mol. The topological polar surface area (TPSA) is 67.3 Å². The Labute approximate surface area is 154 Å². The van der Waals surface area contributed by atoms with Gasteiger partial charge in [-0.05, 0) is 39.7 Å². The van der Waals surface area contributed by atoms with Crippen LogP contribution in [0.2, 0.25) is 0 Å². The second kappa shape index (κ2) is 7.72. The predicted octanol–water partition coefficient (Wildman–Crippen LogP) is 3.96. The van der Waals surface area contributed by atoms with Crippen LogP contribution < -0.4 is 5.32 Å². The number of rotatable bonds is 3. The zero-order chi connectivity index (χ0) is 18.6. The molecule has 6 nitrogen and oxygen atoms in total. The van der Waals surface area contributed by atoms with Crippen LogP contribution in [0.1, 0.15) is 33.6 Å². The molecule has 0 aliphatic carbocycles. The van der Waals surface area contributed by atoms with Crippen molar-refractivity contribution in [2.75, 3.05) is 18.4 Å². The molecule has 0 unspecified atom stereocenters. The van der Waals surface area contributed by atoms with Crippen LogP contribution in [0.25, 0.3) is 11.3 Å². The lowest BCUT2D eigenvalue weighted by Crippen LogP contribution is -2.44. The van der Waals surface area contributed by atoms with E-state index in [0.717, 1.165) is 24.1 Å². The number of amides is 1. The summed E-state index contributed by atoms with van der Waals surface area (Å²) in [7, 11) is 0. The van der Waals surface area contributed by atoms with E-state index in [-0.39, 0.29) is 12.1 Å². The summed E-state index contributed by atoms with van der Waals surface area (Å²) in [6.45, 7) is 7.00. The minimum absolute atomic E-state index is 0.238. The molecule has 0 atom stereocenters. The Morgan fingerprint density at radius 1 is 1.15 bits per heavy atom. The van der Waals surface area contributed by atoms with E-state index in [1.54, 1.807) is 11.1 Å². The van der Waals surface area contributed by atoms with E-state index in [1.807, 2.05) is 57.2 Å². The van der Waals surface area contributed by atoms with Crippen LogP contribution in [0.15, 0.2) is 42.6 Å². The van der Waals surface area contributed by atoms with Gasteiger partial charge in [-0.15, -0.1) is 0 Å². The summed E-state index contributed by atoms with van der Waals surface area (Å²) in [4.78, 5) is 22.9.